The van der Waals surface area contributed by atoms with Gasteiger partial charge < -0.3 is 14.4 Å². The monoisotopic (exact) mass is 453 g/mol. The molecule has 5 nitrogen and oxygen atoms in total. The van der Waals surface area contributed by atoms with Crippen LogP contribution in [0.3, 0.4) is 0 Å². The van der Waals surface area contributed by atoms with Gasteiger partial charge in [-0.1, -0.05) is 78.0 Å². The number of phenols is 1. The Morgan fingerprint density at radius 1 is 0.853 bits per heavy atom. The number of rotatable bonds is 11. The Morgan fingerprint density at radius 3 is 2.15 bits per heavy atom. The summed E-state index contributed by atoms with van der Waals surface area (Å²) in [6.07, 6.45) is 4.27. The van der Waals surface area contributed by atoms with Gasteiger partial charge in [0.15, 0.2) is 12.4 Å². The molecule has 4 aromatic rings. The van der Waals surface area contributed by atoms with Crippen LogP contribution in [-0.2, 0) is 22.5 Å². The molecule has 4 rings (SSSR count). The number of nitrogens with zero attached hydrogens (tertiary/aromatic N) is 1. The predicted octanol–water partition coefficient (Wildman–Crippen LogP) is 5.79. The predicted molar refractivity (Wildman–Crippen MR) is 132 cm³/mol. The first-order chi connectivity index (χ1) is 16.7. The fourth-order valence-corrected chi connectivity index (χ4v) is 4.06. The minimum atomic E-state index is -0.367. The molecule has 1 heterocycles. The van der Waals surface area contributed by atoms with Crippen LogP contribution in [0.1, 0.15) is 28.4 Å². The first-order valence-corrected chi connectivity index (χ1v) is 11.3. The smallest absolute Gasteiger partial charge is 0.177 e. The van der Waals surface area contributed by atoms with E-state index in [-0.39, 0.29) is 30.0 Å². The number of para-hydroxylation sites is 1. The number of phenolic OH excluding ortho intramolecular Hbond substituents is 1. The van der Waals surface area contributed by atoms with Gasteiger partial charge in [0.05, 0.1) is 12.5 Å². The molecule has 0 bridgehead atoms. The van der Waals surface area contributed by atoms with Gasteiger partial charge in [-0.15, -0.1) is 0 Å². The fraction of sp³-hybridized carbons (Fsp3) is 0.172. The number of benzene rings is 3. The van der Waals surface area contributed by atoms with Crippen molar-refractivity contribution in [3.8, 4) is 5.75 Å². The topological polar surface area (TPSA) is 72.0 Å². The average molecular weight is 454 g/mol. The number of ketones is 1. The van der Waals surface area contributed by atoms with E-state index in [0.717, 1.165) is 16.9 Å². The van der Waals surface area contributed by atoms with Crippen molar-refractivity contribution in [3.63, 3.8) is 0 Å². The molecule has 0 fully saturated rings. The van der Waals surface area contributed by atoms with Gasteiger partial charge in [0, 0.05) is 17.4 Å². The zero-order valence-electron chi connectivity index (χ0n) is 18.8. The van der Waals surface area contributed by atoms with Crippen molar-refractivity contribution in [2.75, 3.05) is 6.61 Å². The molecule has 0 saturated heterocycles. The molecule has 2 unspecified atom stereocenters. The molecule has 0 aliphatic carbocycles. The Kier molecular flexibility index (Phi) is 7.90. The SMILES string of the molecule is O=C(CO/N=C/c1ccccc1O)C(Cc1ccccc1)C(Cc1ccccc1)c1ccco1. The molecular formula is C29H27NO4. The molecule has 34 heavy (non-hydrogen) atoms. The maximum atomic E-state index is 13.5. The molecule has 5 heteroatoms. The van der Waals surface area contributed by atoms with Crippen LogP contribution in [0.25, 0.3) is 0 Å². The molecule has 0 aliphatic rings. The van der Waals surface area contributed by atoms with Crippen molar-refractivity contribution in [2.45, 2.75) is 18.8 Å². The second kappa shape index (κ2) is 11.7. The van der Waals surface area contributed by atoms with Gasteiger partial charge in [-0.3, -0.25) is 4.79 Å². The Balaban J connectivity index is 1.55. The first kappa shape index (κ1) is 23.1. The number of hydrogen-bond donors (Lipinski definition) is 1. The lowest BCUT2D eigenvalue weighted by Gasteiger charge is -2.25. The van der Waals surface area contributed by atoms with Crippen molar-refractivity contribution >= 4 is 12.0 Å². The molecule has 1 N–H and O–H groups in total. The molecular weight excluding hydrogens is 426 g/mol. The zero-order valence-corrected chi connectivity index (χ0v) is 18.8. The van der Waals surface area contributed by atoms with E-state index in [4.69, 9.17) is 9.25 Å². The summed E-state index contributed by atoms with van der Waals surface area (Å²) in [5.74, 6) is 0.292. The van der Waals surface area contributed by atoms with Gasteiger partial charge >= 0.3 is 0 Å². The van der Waals surface area contributed by atoms with Crippen LogP contribution in [0.15, 0.2) is 113 Å². The van der Waals surface area contributed by atoms with E-state index in [1.165, 1.54) is 6.21 Å². The Hall–Kier alpha value is -4.12. The third-order valence-electron chi connectivity index (χ3n) is 5.81. The fourth-order valence-electron chi connectivity index (χ4n) is 4.06. The highest BCUT2D eigenvalue weighted by atomic mass is 16.6. The van der Waals surface area contributed by atoms with Gasteiger partial charge in [0.25, 0.3) is 0 Å². The summed E-state index contributed by atoms with van der Waals surface area (Å²) >= 11 is 0. The lowest BCUT2D eigenvalue weighted by molar-refractivity contribution is -0.128. The third kappa shape index (κ3) is 6.23. The van der Waals surface area contributed by atoms with E-state index in [0.29, 0.717) is 18.4 Å². The summed E-state index contributed by atoms with van der Waals surface area (Å²) < 4.78 is 5.78. The summed E-state index contributed by atoms with van der Waals surface area (Å²) in [7, 11) is 0. The minimum Gasteiger partial charge on any atom is -0.507 e. The van der Waals surface area contributed by atoms with Gasteiger partial charge in [-0.2, -0.15) is 0 Å². The van der Waals surface area contributed by atoms with Crippen LogP contribution < -0.4 is 0 Å². The third-order valence-corrected chi connectivity index (χ3v) is 5.81. The van der Waals surface area contributed by atoms with Crippen LogP contribution in [0, 0.1) is 5.92 Å². The Morgan fingerprint density at radius 2 is 1.50 bits per heavy atom. The molecule has 0 spiro atoms. The average Bonchev–Trinajstić information content (AvgIpc) is 3.41. The summed E-state index contributed by atoms with van der Waals surface area (Å²) in [6, 6.07) is 30.7. The molecule has 2 atom stereocenters. The van der Waals surface area contributed by atoms with Gasteiger partial charge in [0.2, 0.25) is 0 Å². The second-order valence-corrected chi connectivity index (χ2v) is 8.14. The Labute approximate surface area is 199 Å². The van der Waals surface area contributed by atoms with E-state index in [9.17, 15) is 9.90 Å². The van der Waals surface area contributed by atoms with Crippen molar-refractivity contribution in [3.05, 3.63) is 126 Å². The van der Waals surface area contributed by atoms with E-state index in [1.807, 2.05) is 60.7 Å². The summed E-state index contributed by atoms with van der Waals surface area (Å²) in [5, 5.41) is 13.8. The van der Waals surface area contributed by atoms with Crippen LogP contribution in [-0.4, -0.2) is 23.7 Å². The van der Waals surface area contributed by atoms with Crippen LogP contribution >= 0.6 is 0 Å². The van der Waals surface area contributed by atoms with Crippen molar-refractivity contribution in [2.24, 2.45) is 11.1 Å². The van der Waals surface area contributed by atoms with Crippen LogP contribution in [0.4, 0.5) is 0 Å². The number of carbonyl (C=O) groups excluding carboxylic acids is 1. The normalized spacial score (nSPS) is 12.9. The molecule has 0 aliphatic heterocycles. The summed E-state index contributed by atoms with van der Waals surface area (Å²) in [5.41, 5.74) is 2.73. The molecule has 1 aromatic heterocycles. The van der Waals surface area contributed by atoms with Crippen molar-refractivity contribution in [1.82, 2.24) is 0 Å². The standard InChI is InChI=1S/C29H27NO4/c31-27-15-8-7-14-24(27)20-30-34-21-28(32)25(18-22-10-3-1-4-11-22)26(29-16-9-17-33-29)19-23-12-5-2-6-13-23/h1-17,20,25-26,31H,18-19,21H2/b30-20+. The molecule has 0 radical (unpaired) electrons. The largest absolute Gasteiger partial charge is 0.507 e. The lowest BCUT2D eigenvalue weighted by atomic mass is 9.79. The number of furan rings is 1. The van der Waals surface area contributed by atoms with Crippen LogP contribution in [0.2, 0.25) is 0 Å². The van der Waals surface area contributed by atoms with E-state index in [1.54, 1.807) is 30.5 Å². The number of hydrogen-bond acceptors (Lipinski definition) is 5. The first-order valence-electron chi connectivity index (χ1n) is 11.3. The number of carbonyl (C=O) groups is 1. The summed E-state index contributed by atoms with van der Waals surface area (Å²) in [6.45, 7) is -0.173. The van der Waals surface area contributed by atoms with Crippen molar-refractivity contribution < 1.29 is 19.2 Å². The number of Topliss-reactive ketones (excluding diaryl/α,β-unsaturated/α-hetero) is 1. The Bertz CT molecular complexity index is 1190. The van der Waals surface area contributed by atoms with E-state index < -0.39 is 0 Å². The number of oxime groups is 1. The van der Waals surface area contributed by atoms with E-state index >= 15 is 0 Å². The highest BCUT2D eigenvalue weighted by Gasteiger charge is 2.32. The second-order valence-electron chi connectivity index (χ2n) is 8.14. The maximum Gasteiger partial charge on any atom is 0.177 e. The number of aromatic hydroxyl groups is 1. The van der Waals surface area contributed by atoms with Crippen LogP contribution in [0.5, 0.6) is 5.75 Å². The molecule has 172 valence electrons. The van der Waals surface area contributed by atoms with Gasteiger partial charge in [-0.25, -0.2) is 0 Å². The minimum absolute atomic E-state index is 0.0596. The molecule has 0 amide bonds. The quantitative estimate of drug-likeness (QED) is 0.230. The van der Waals surface area contributed by atoms with Crippen molar-refractivity contribution in [1.29, 1.82) is 0 Å². The maximum absolute atomic E-state index is 13.5. The van der Waals surface area contributed by atoms with Gasteiger partial charge in [-0.05, 0) is 48.2 Å². The van der Waals surface area contributed by atoms with E-state index in [2.05, 4.69) is 17.3 Å². The highest BCUT2D eigenvalue weighted by Crippen LogP contribution is 2.32. The lowest BCUT2D eigenvalue weighted by Crippen LogP contribution is -2.29. The molecule has 3 aromatic carbocycles. The molecule has 0 saturated carbocycles. The summed E-state index contributed by atoms with van der Waals surface area (Å²) in [4.78, 5) is 18.8. The van der Waals surface area contributed by atoms with Gasteiger partial charge in [0.1, 0.15) is 11.5 Å². The highest BCUT2D eigenvalue weighted by molar-refractivity contribution is 5.84. The zero-order chi connectivity index (χ0) is 23.6.